The van der Waals surface area contributed by atoms with Crippen molar-refractivity contribution in [2.24, 2.45) is 0 Å². The molecule has 0 aliphatic carbocycles. The van der Waals surface area contributed by atoms with Crippen molar-refractivity contribution < 1.29 is 0 Å². The highest BCUT2D eigenvalue weighted by atomic mass is 32.2. The SMILES string of the molecule is CC(C)c1cccc2c1N1c3c(ccc4c3N(c3c(C(C)C)cccc3C4C)C1c1cc3c4c(c1)Sc1ccccc1N4c1ccccc1S3)C2C. The zero-order chi connectivity index (χ0) is 35.2. The van der Waals surface area contributed by atoms with Gasteiger partial charge in [0.2, 0.25) is 0 Å². The lowest BCUT2D eigenvalue weighted by molar-refractivity contribution is 0.694. The molecular formula is C47H41N3S2. The molecule has 52 heavy (non-hydrogen) atoms. The van der Waals surface area contributed by atoms with Crippen molar-refractivity contribution in [1.29, 1.82) is 0 Å². The molecule has 5 heteroatoms. The van der Waals surface area contributed by atoms with Gasteiger partial charge in [0.05, 0.1) is 39.8 Å². The second kappa shape index (κ2) is 11.0. The highest BCUT2D eigenvalue weighted by Crippen LogP contribution is 2.68. The number of rotatable bonds is 3. The molecule has 5 aliphatic heterocycles. The highest BCUT2D eigenvalue weighted by Gasteiger charge is 2.50. The molecule has 6 aromatic rings. The first kappa shape index (κ1) is 31.0. The van der Waals surface area contributed by atoms with E-state index in [2.05, 4.69) is 165 Å². The van der Waals surface area contributed by atoms with Gasteiger partial charge in [-0.25, -0.2) is 0 Å². The minimum atomic E-state index is -0.0438. The predicted molar refractivity (Wildman–Crippen MR) is 219 cm³/mol. The summed E-state index contributed by atoms with van der Waals surface area (Å²) in [7, 11) is 0. The van der Waals surface area contributed by atoms with Crippen LogP contribution in [0, 0.1) is 0 Å². The summed E-state index contributed by atoms with van der Waals surface area (Å²) in [6.07, 6.45) is -0.0438. The maximum Gasteiger partial charge on any atom is 0.137 e. The summed E-state index contributed by atoms with van der Waals surface area (Å²) < 4.78 is 0. The van der Waals surface area contributed by atoms with Crippen LogP contribution in [0.15, 0.2) is 129 Å². The standard InChI is InChI=1S/C47H41N3S2/c1-25(2)30-13-11-15-32-27(5)34-21-22-35-28(6)33-16-12-14-31(26(3)4)43(33)50-45(35)44(34)49(42(30)32)47(50)29-23-40-46-41(24-29)52-39-20-10-8-18-37(39)48(46)36-17-7-9-19-38(36)51-40/h7-28,47H,1-6H3. The number of nitrogens with zero attached hydrogens (tertiary/aromatic N) is 3. The van der Waals surface area contributed by atoms with E-state index in [4.69, 9.17) is 0 Å². The van der Waals surface area contributed by atoms with E-state index in [0.29, 0.717) is 23.7 Å². The van der Waals surface area contributed by atoms with Gasteiger partial charge >= 0.3 is 0 Å². The molecule has 0 saturated carbocycles. The summed E-state index contributed by atoms with van der Waals surface area (Å²) in [6.45, 7) is 14.3. The van der Waals surface area contributed by atoms with Gasteiger partial charge in [-0.15, -0.1) is 0 Å². The van der Waals surface area contributed by atoms with Crippen LogP contribution >= 0.6 is 23.5 Å². The molecule has 0 bridgehead atoms. The summed E-state index contributed by atoms with van der Waals surface area (Å²) in [5, 5.41) is 0. The molecule has 0 aromatic heterocycles. The third-order valence-electron chi connectivity index (χ3n) is 12.2. The van der Waals surface area contributed by atoms with Crippen LogP contribution in [-0.4, -0.2) is 0 Å². The van der Waals surface area contributed by atoms with E-state index in [1.165, 1.54) is 98.3 Å². The van der Waals surface area contributed by atoms with Gasteiger partial charge in [-0.05, 0) is 87.2 Å². The maximum absolute atomic E-state index is 2.78. The van der Waals surface area contributed by atoms with Crippen molar-refractivity contribution in [2.45, 2.75) is 91.0 Å². The molecule has 0 fully saturated rings. The fraction of sp³-hybridized carbons (Fsp3) is 0.234. The van der Waals surface area contributed by atoms with Crippen molar-refractivity contribution in [3.63, 3.8) is 0 Å². The molecule has 11 rings (SSSR count). The van der Waals surface area contributed by atoms with Crippen LogP contribution in [0.5, 0.6) is 0 Å². The Labute approximate surface area is 315 Å². The number of fused-ring (bicyclic) bond motifs is 8. The lowest BCUT2D eigenvalue weighted by atomic mass is 9.79. The Morgan fingerprint density at radius 2 is 0.904 bits per heavy atom. The summed E-state index contributed by atoms with van der Waals surface area (Å²) >= 11 is 3.86. The third kappa shape index (κ3) is 3.96. The van der Waals surface area contributed by atoms with Crippen molar-refractivity contribution in [1.82, 2.24) is 0 Å². The van der Waals surface area contributed by atoms with Gasteiger partial charge in [-0.2, -0.15) is 0 Å². The smallest absolute Gasteiger partial charge is 0.137 e. The Bertz CT molecular complexity index is 2350. The molecule has 2 atom stereocenters. The fourth-order valence-electron chi connectivity index (χ4n) is 9.82. The third-order valence-corrected chi connectivity index (χ3v) is 14.4. The normalized spacial score (nSPS) is 19.6. The van der Waals surface area contributed by atoms with Crippen LogP contribution in [0.4, 0.5) is 39.8 Å². The fourth-order valence-corrected chi connectivity index (χ4v) is 12.2. The molecule has 0 amide bonds. The molecule has 0 spiro atoms. The van der Waals surface area contributed by atoms with Gasteiger partial charge < -0.3 is 14.7 Å². The highest BCUT2D eigenvalue weighted by molar-refractivity contribution is 8.00. The first-order chi connectivity index (χ1) is 25.3. The molecule has 3 nitrogen and oxygen atoms in total. The quantitative estimate of drug-likeness (QED) is 0.180. The van der Waals surface area contributed by atoms with Crippen LogP contribution < -0.4 is 14.7 Å². The molecule has 0 saturated heterocycles. The Morgan fingerprint density at radius 3 is 1.37 bits per heavy atom. The van der Waals surface area contributed by atoms with E-state index in [0.717, 1.165) is 0 Å². The number of hydrogen-bond donors (Lipinski definition) is 0. The van der Waals surface area contributed by atoms with E-state index >= 15 is 0 Å². The molecule has 2 unspecified atom stereocenters. The van der Waals surface area contributed by atoms with Gasteiger partial charge in [0.15, 0.2) is 0 Å². The van der Waals surface area contributed by atoms with Crippen molar-refractivity contribution >= 4 is 63.3 Å². The first-order valence-corrected chi connectivity index (χ1v) is 20.5. The average Bonchev–Trinajstić information content (AvgIpc) is 3.51. The Kier molecular flexibility index (Phi) is 6.54. The first-order valence-electron chi connectivity index (χ1n) is 18.8. The maximum atomic E-state index is 2.78. The van der Waals surface area contributed by atoms with E-state index in [1.54, 1.807) is 0 Å². The van der Waals surface area contributed by atoms with Gasteiger partial charge in [0, 0.05) is 31.4 Å². The van der Waals surface area contributed by atoms with Gasteiger partial charge in [0.1, 0.15) is 6.17 Å². The van der Waals surface area contributed by atoms with E-state index < -0.39 is 0 Å². The number of benzene rings is 6. The molecule has 0 N–H and O–H groups in total. The van der Waals surface area contributed by atoms with Crippen LogP contribution in [0.2, 0.25) is 0 Å². The summed E-state index contributed by atoms with van der Waals surface area (Å²) in [4.78, 5) is 13.4. The topological polar surface area (TPSA) is 9.72 Å². The summed E-state index contributed by atoms with van der Waals surface area (Å²) in [5.74, 6) is 1.40. The lowest BCUT2D eigenvalue weighted by Crippen LogP contribution is -2.35. The minimum absolute atomic E-state index is 0.0438. The summed E-state index contributed by atoms with van der Waals surface area (Å²) in [6, 6.07) is 42.0. The Morgan fingerprint density at radius 1 is 0.462 bits per heavy atom. The molecule has 256 valence electrons. The number of para-hydroxylation sites is 4. The molecule has 5 aliphatic rings. The molecular weight excluding hydrogens is 671 g/mol. The van der Waals surface area contributed by atoms with Gasteiger partial charge in [-0.3, -0.25) is 0 Å². The minimum Gasteiger partial charge on any atom is -0.313 e. The zero-order valence-electron chi connectivity index (χ0n) is 30.4. The lowest BCUT2D eigenvalue weighted by Gasteiger charge is -2.43. The van der Waals surface area contributed by atoms with Gasteiger partial charge in [0.25, 0.3) is 0 Å². The number of hydrogen-bond acceptors (Lipinski definition) is 5. The van der Waals surface area contributed by atoms with Crippen LogP contribution in [-0.2, 0) is 0 Å². The van der Waals surface area contributed by atoms with Crippen LogP contribution in [0.3, 0.4) is 0 Å². The van der Waals surface area contributed by atoms with Crippen molar-refractivity contribution in [2.75, 3.05) is 14.7 Å². The second-order valence-corrected chi connectivity index (χ2v) is 17.9. The largest absolute Gasteiger partial charge is 0.313 e. The van der Waals surface area contributed by atoms with E-state index in [9.17, 15) is 0 Å². The monoisotopic (exact) mass is 711 g/mol. The van der Waals surface area contributed by atoms with Crippen molar-refractivity contribution in [3.8, 4) is 0 Å². The molecule has 6 aromatic carbocycles. The predicted octanol–water partition coefficient (Wildman–Crippen LogP) is 14.3. The summed E-state index contributed by atoms with van der Waals surface area (Å²) in [5.41, 5.74) is 19.5. The van der Waals surface area contributed by atoms with E-state index in [-0.39, 0.29) is 6.17 Å². The molecule has 5 heterocycles. The zero-order valence-corrected chi connectivity index (χ0v) is 32.1. The van der Waals surface area contributed by atoms with E-state index in [1.807, 2.05) is 23.5 Å². The van der Waals surface area contributed by atoms with Crippen LogP contribution in [0.1, 0.15) is 110 Å². The average molecular weight is 712 g/mol. The van der Waals surface area contributed by atoms with Gasteiger partial charge in [-0.1, -0.05) is 138 Å². The number of anilines is 7. The van der Waals surface area contributed by atoms with Crippen molar-refractivity contribution in [3.05, 3.63) is 148 Å². The molecule has 0 radical (unpaired) electrons. The van der Waals surface area contributed by atoms with Crippen LogP contribution in [0.25, 0.3) is 0 Å². The second-order valence-electron chi connectivity index (χ2n) is 15.7. The Balaban J connectivity index is 1.23. The Hall–Kier alpha value is -4.58.